The van der Waals surface area contributed by atoms with Gasteiger partial charge in [-0.15, -0.1) is 0 Å². The molecule has 0 spiro atoms. The average Bonchev–Trinajstić information content (AvgIpc) is 2.97. The fourth-order valence-corrected chi connectivity index (χ4v) is 1.36. The molecule has 1 amide bonds. The Bertz CT molecular complexity index is 388. The minimum atomic E-state index is -0.927. The fourth-order valence-electron chi connectivity index (χ4n) is 1.36. The third-order valence-electron chi connectivity index (χ3n) is 2.33. The number of hydrogen-bond donors (Lipinski definition) is 1. The predicted molar refractivity (Wildman–Crippen MR) is 51.2 cm³/mol. The van der Waals surface area contributed by atoms with Crippen molar-refractivity contribution in [1.82, 2.24) is 5.32 Å². The van der Waals surface area contributed by atoms with Gasteiger partial charge in [0.1, 0.15) is 0 Å². The minimum Gasteiger partial charge on any atom is -0.353 e. The second-order valence-electron chi connectivity index (χ2n) is 3.73. The molecule has 0 saturated heterocycles. The van der Waals surface area contributed by atoms with Crippen LogP contribution in [0.5, 0.6) is 0 Å². The number of amides is 1. The summed E-state index contributed by atoms with van der Waals surface area (Å²) in [6.45, 7) is 0. The molecule has 80 valence electrons. The Balaban J connectivity index is 2.02. The van der Waals surface area contributed by atoms with Gasteiger partial charge in [-0.2, -0.15) is 0 Å². The number of hydrogen-bond acceptors (Lipinski definition) is 1. The zero-order chi connectivity index (χ0) is 10.8. The van der Waals surface area contributed by atoms with E-state index in [1.165, 1.54) is 12.1 Å². The molecule has 1 N–H and O–H groups in total. The van der Waals surface area contributed by atoms with Crippen LogP contribution in [0.2, 0.25) is 0 Å². The molecule has 15 heavy (non-hydrogen) atoms. The summed E-state index contributed by atoms with van der Waals surface area (Å²) in [4.78, 5) is 11.3. The molecule has 1 aliphatic carbocycles. The van der Waals surface area contributed by atoms with Crippen LogP contribution >= 0.6 is 0 Å². The minimum absolute atomic E-state index is 0.0971. The Kier molecular flexibility index (Phi) is 2.66. The summed E-state index contributed by atoms with van der Waals surface area (Å²) < 4.78 is 26.0. The van der Waals surface area contributed by atoms with Gasteiger partial charge in [0.05, 0.1) is 6.42 Å². The molecule has 0 heterocycles. The van der Waals surface area contributed by atoms with E-state index in [4.69, 9.17) is 0 Å². The van der Waals surface area contributed by atoms with E-state index in [1.54, 1.807) is 0 Å². The zero-order valence-corrected chi connectivity index (χ0v) is 8.09. The van der Waals surface area contributed by atoms with Crippen LogP contribution < -0.4 is 5.32 Å². The van der Waals surface area contributed by atoms with Gasteiger partial charge in [-0.3, -0.25) is 4.79 Å². The average molecular weight is 211 g/mol. The number of rotatable bonds is 3. The highest BCUT2D eigenvalue weighted by molar-refractivity contribution is 5.79. The van der Waals surface area contributed by atoms with Gasteiger partial charge in [-0.25, -0.2) is 8.78 Å². The third-order valence-corrected chi connectivity index (χ3v) is 2.33. The first kappa shape index (κ1) is 10.1. The van der Waals surface area contributed by atoms with Crippen molar-refractivity contribution >= 4 is 5.91 Å². The number of carbonyl (C=O) groups excluding carboxylic acids is 1. The molecule has 0 aliphatic heterocycles. The molecule has 4 heteroatoms. The molecule has 0 aromatic heterocycles. The Morgan fingerprint density at radius 1 is 1.40 bits per heavy atom. The van der Waals surface area contributed by atoms with E-state index in [1.807, 2.05) is 0 Å². The molecule has 1 aliphatic rings. The molecule has 1 saturated carbocycles. The van der Waals surface area contributed by atoms with Gasteiger partial charge in [-0.05, 0) is 18.9 Å². The number of halogens is 2. The van der Waals surface area contributed by atoms with E-state index in [0.717, 1.165) is 18.9 Å². The highest BCUT2D eigenvalue weighted by Gasteiger charge is 2.23. The van der Waals surface area contributed by atoms with Crippen LogP contribution in [0, 0.1) is 11.6 Å². The molecule has 0 radical (unpaired) electrons. The summed E-state index contributed by atoms with van der Waals surface area (Å²) in [7, 11) is 0. The monoisotopic (exact) mass is 211 g/mol. The lowest BCUT2D eigenvalue weighted by Gasteiger charge is -2.04. The first-order valence-corrected chi connectivity index (χ1v) is 4.89. The van der Waals surface area contributed by atoms with Crippen LogP contribution in [0.4, 0.5) is 8.78 Å². The predicted octanol–water partition coefficient (Wildman–Crippen LogP) is 1.79. The van der Waals surface area contributed by atoms with Crippen LogP contribution in [0.1, 0.15) is 18.4 Å². The molecule has 2 rings (SSSR count). The van der Waals surface area contributed by atoms with E-state index in [-0.39, 0.29) is 23.9 Å². The maximum Gasteiger partial charge on any atom is 0.224 e. The summed E-state index contributed by atoms with van der Waals surface area (Å²) in [5.41, 5.74) is 0.105. The molecule has 1 aromatic carbocycles. The van der Waals surface area contributed by atoms with Gasteiger partial charge >= 0.3 is 0 Å². The Morgan fingerprint density at radius 3 is 2.80 bits per heavy atom. The van der Waals surface area contributed by atoms with Crippen molar-refractivity contribution in [2.24, 2.45) is 0 Å². The van der Waals surface area contributed by atoms with Gasteiger partial charge in [0.2, 0.25) is 5.91 Å². The van der Waals surface area contributed by atoms with Gasteiger partial charge in [0, 0.05) is 11.6 Å². The van der Waals surface area contributed by atoms with E-state index >= 15 is 0 Å². The first-order valence-electron chi connectivity index (χ1n) is 4.89. The molecule has 1 aromatic rings. The van der Waals surface area contributed by atoms with E-state index in [9.17, 15) is 13.6 Å². The van der Waals surface area contributed by atoms with E-state index < -0.39 is 11.6 Å². The molecule has 0 unspecified atom stereocenters. The van der Waals surface area contributed by atoms with Crippen LogP contribution in [-0.2, 0) is 11.2 Å². The Morgan fingerprint density at radius 2 is 2.13 bits per heavy atom. The lowest BCUT2D eigenvalue weighted by Crippen LogP contribution is -2.27. The van der Waals surface area contributed by atoms with Crippen molar-refractivity contribution in [3.63, 3.8) is 0 Å². The van der Waals surface area contributed by atoms with Crippen LogP contribution in [0.25, 0.3) is 0 Å². The maximum atomic E-state index is 13.2. The largest absolute Gasteiger partial charge is 0.353 e. The zero-order valence-electron chi connectivity index (χ0n) is 8.09. The normalized spacial score (nSPS) is 15.1. The lowest BCUT2D eigenvalue weighted by molar-refractivity contribution is -0.120. The second-order valence-corrected chi connectivity index (χ2v) is 3.73. The molecular weight excluding hydrogens is 200 g/mol. The second kappa shape index (κ2) is 3.96. The molecule has 1 fully saturated rings. The van der Waals surface area contributed by atoms with Gasteiger partial charge in [-0.1, -0.05) is 12.1 Å². The number of benzene rings is 1. The fraction of sp³-hybridized carbons (Fsp3) is 0.364. The highest BCUT2D eigenvalue weighted by Crippen LogP contribution is 2.19. The highest BCUT2D eigenvalue weighted by atomic mass is 19.2. The number of nitrogens with one attached hydrogen (secondary N) is 1. The number of carbonyl (C=O) groups is 1. The van der Waals surface area contributed by atoms with Crippen LogP contribution in [0.3, 0.4) is 0 Å². The SMILES string of the molecule is O=C(Cc1cccc(F)c1F)NC1CC1. The topological polar surface area (TPSA) is 29.1 Å². The van der Waals surface area contributed by atoms with Gasteiger partial charge in [0.25, 0.3) is 0 Å². The van der Waals surface area contributed by atoms with Crippen molar-refractivity contribution in [3.8, 4) is 0 Å². The van der Waals surface area contributed by atoms with Crippen molar-refractivity contribution in [3.05, 3.63) is 35.4 Å². The van der Waals surface area contributed by atoms with Crippen molar-refractivity contribution in [1.29, 1.82) is 0 Å². The van der Waals surface area contributed by atoms with Crippen molar-refractivity contribution in [2.45, 2.75) is 25.3 Å². The molecule has 0 bridgehead atoms. The summed E-state index contributed by atoms with van der Waals surface area (Å²) in [5.74, 6) is -2.09. The van der Waals surface area contributed by atoms with Crippen LogP contribution in [-0.4, -0.2) is 11.9 Å². The lowest BCUT2D eigenvalue weighted by atomic mass is 10.1. The van der Waals surface area contributed by atoms with E-state index in [0.29, 0.717) is 0 Å². The maximum absolute atomic E-state index is 13.2. The van der Waals surface area contributed by atoms with Gasteiger partial charge < -0.3 is 5.32 Å². The Hall–Kier alpha value is -1.45. The summed E-state index contributed by atoms with van der Waals surface area (Å²) in [5, 5.41) is 2.72. The van der Waals surface area contributed by atoms with E-state index in [2.05, 4.69) is 5.32 Å². The van der Waals surface area contributed by atoms with Crippen LogP contribution in [0.15, 0.2) is 18.2 Å². The summed E-state index contributed by atoms with van der Waals surface area (Å²) in [6, 6.07) is 4.11. The van der Waals surface area contributed by atoms with Gasteiger partial charge in [0.15, 0.2) is 11.6 Å². The quantitative estimate of drug-likeness (QED) is 0.811. The van der Waals surface area contributed by atoms with Crippen molar-refractivity contribution < 1.29 is 13.6 Å². The van der Waals surface area contributed by atoms with Crippen molar-refractivity contribution in [2.75, 3.05) is 0 Å². The first-order chi connectivity index (χ1) is 7.16. The third kappa shape index (κ3) is 2.52. The molecule has 0 atom stereocenters. The molecular formula is C11H11F2NO. The molecule has 2 nitrogen and oxygen atoms in total. The smallest absolute Gasteiger partial charge is 0.224 e. The standard InChI is InChI=1S/C11H11F2NO/c12-9-3-1-2-7(11(9)13)6-10(15)14-8-4-5-8/h1-3,8H,4-6H2,(H,14,15). The summed E-state index contributed by atoms with van der Waals surface area (Å²) in [6.07, 6.45) is 1.87. The summed E-state index contributed by atoms with van der Waals surface area (Å²) >= 11 is 0. The Labute approximate surface area is 86.3 Å².